The van der Waals surface area contributed by atoms with E-state index in [1.165, 1.54) is 0 Å². The zero-order valence-corrected chi connectivity index (χ0v) is 32.6. The van der Waals surface area contributed by atoms with Crippen molar-refractivity contribution in [2.24, 2.45) is 10.3 Å². The van der Waals surface area contributed by atoms with E-state index in [1.54, 1.807) is 121 Å². The van der Waals surface area contributed by atoms with Crippen molar-refractivity contribution in [2.75, 3.05) is 6.61 Å². The normalized spacial score (nSPS) is 22.6. The van der Waals surface area contributed by atoms with Crippen molar-refractivity contribution >= 4 is 29.6 Å². The summed E-state index contributed by atoms with van der Waals surface area (Å²) in [6.07, 6.45) is -7.49. The van der Waals surface area contributed by atoms with Crippen molar-refractivity contribution in [3.63, 3.8) is 0 Å². The smallest absolute Gasteiger partial charge is 0.338 e. The van der Waals surface area contributed by atoms with E-state index in [2.05, 4.69) is 15.2 Å². The monoisotopic (exact) mass is 824 g/mol. The highest BCUT2D eigenvalue weighted by atomic mass is 16.7. The van der Waals surface area contributed by atoms with Gasteiger partial charge in [-0.2, -0.15) is 0 Å². The molecule has 2 fully saturated rings. The molecule has 0 spiro atoms. The van der Waals surface area contributed by atoms with Crippen LogP contribution in [0.1, 0.15) is 59.8 Å². The first-order valence-corrected chi connectivity index (χ1v) is 19.4. The molecule has 1 saturated carbocycles. The topological polar surface area (TPSA) is 194 Å². The molecule has 1 aliphatic carbocycles. The van der Waals surface area contributed by atoms with Crippen LogP contribution in [0, 0.1) is 0 Å². The Labute approximate surface area is 350 Å². The molecule has 5 aromatic rings. The molecule has 0 bridgehead atoms. The second-order valence-electron chi connectivity index (χ2n) is 14.0. The zero-order chi connectivity index (χ0) is 42.4. The number of rotatable bonds is 15. The molecular weight excluding hydrogens is 785 g/mol. The van der Waals surface area contributed by atoms with Gasteiger partial charge in [0.15, 0.2) is 24.6 Å². The third-order valence-electron chi connectivity index (χ3n) is 9.81. The van der Waals surface area contributed by atoms with E-state index in [0.29, 0.717) is 0 Å². The quantitative estimate of drug-likeness (QED) is 0.0251. The molecule has 2 aliphatic rings. The standard InChI is InChI=1S/C46H40N4O11/c47-50-48-36-26-35(27-37(49-56-28-30-16-6-1-7-17-30)39(36)59-43(52)32-20-10-3-11-21-32)57-46-41(61-45(54)34-24-14-5-15-25-34)40(60-44(53)33-22-12-4-13-23-33)38(58-46)29-55-42(51)31-18-8-2-9-19-31/h1-25,35-36,38-41,46H,26-29H2/b49-37+/t35-,36-,38-,39+,40-,41+,46+/m1/s1. The molecule has 0 amide bonds. The third kappa shape index (κ3) is 11.0. The van der Waals surface area contributed by atoms with Gasteiger partial charge in [-0.25, -0.2) is 19.2 Å². The highest BCUT2D eigenvalue weighted by molar-refractivity contribution is 5.96. The van der Waals surface area contributed by atoms with Crippen LogP contribution in [0.3, 0.4) is 0 Å². The molecule has 310 valence electrons. The molecule has 7 atom stereocenters. The number of carbonyl (C=O) groups excluding carboxylic acids is 4. The average Bonchev–Trinajstić information content (AvgIpc) is 3.61. The highest BCUT2D eigenvalue weighted by Crippen LogP contribution is 2.34. The van der Waals surface area contributed by atoms with Crippen LogP contribution in [-0.2, 0) is 39.9 Å². The van der Waals surface area contributed by atoms with Crippen molar-refractivity contribution in [1.82, 2.24) is 0 Å². The number of nitrogens with zero attached hydrogens (tertiary/aromatic N) is 4. The number of esters is 4. The Morgan fingerprint density at radius 3 is 1.62 bits per heavy atom. The van der Waals surface area contributed by atoms with Crippen molar-refractivity contribution in [1.29, 1.82) is 0 Å². The first kappa shape index (κ1) is 41.8. The number of benzene rings is 5. The van der Waals surface area contributed by atoms with Gasteiger partial charge in [0, 0.05) is 11.3 Å². The second kappa shape index (κ2) is 20.6. The van der Waals surface area contributed by atoms with Gasteiger partial charge < -0.3 is 33.3 Å². The maximum Gasteiger partial charge on any atom is 0.338 e. The molecule has 61 heavy (non-hydrogen) atoms. The Kier molecular flexibility index (Phi) is 14.1. The number of carbonyl (C=O) groups is 4. The summed E-state index contributed by atoms with van der Waals surface area (Å²) in [6, 6.07) is 41.1. The molecular formula is C46H40N4O11. The summed E-state index contributed by atoms with van der Waals surface area (Å²) in [5, 5.41) is 8.35. The van der Waals surface area contributed by atoms with Crippen LogP contribution in [0.25, 0.3) is 10.4 Å². The predicted molar refractivity (Wildman–Crippen MR) is 218 cm³/mol. The molecule has 0 radical (unpaired) electrons. The molecule has 15 nitrogen and oxygen atoms in total. The first-order valence-electron chi connectivity index (χ1n) is 19.4. The number of hydrogen-bond acceptors (Lipinski definition) is 13. The number of ether oxygens (including phenoxy) is 6. The van der Waals surface area contributed by atoms with Crippen LogP contribution in [0.4, 0.5) is 0 Å². The van der Waals surface area contributed by atoms with E-state index >= 15 is 0 Å². The van der Waals surface area contributed by atoms with Crippen molar-refractivity contribution in [2.45, 2.75) is 62.3 Å². The fraction of sp³-hybridized carbons (Fsp3) is 0.239. The first-order chi connectivity index (χ1) is 29.9. The number of azide groups is 1. The van der Waals surface area contributed by atoms with Gasteiger partial charge in [0.05, 0.1) is 34.4 Å². The lowest BCUT2D eigenvalue weighted by Crippen LogP contribution is -2.48. The molecule has 0 aromatic heterocycles. The molecule has 7 rings (SSSR count). The lowest BCUT2D eigenvalue weighted by atomic mass is 9.88. The Bertz CT molecular complexity index is 2330. The lowest BCUT2D eigenvalue weighted by molar-refractivity contribution is -0.197. The number of oxime groups is 1. The summed E-state index contributed by atoms with van der Waals surface area (Å²) >= 11 is 0. The maximum absolute atomic E-state index is 13.7. The van der Waals surface area contributed by atoms with Crippen molar-refractivity contribution in [3.05, 3.63) is 190 Å². The molecule has 5 aromatic carbocycles. The highest BCUT2D eigenvalue weighted by Gasteiger charge is 2.53. The van der Waals surface area contributed by atoms with Gasteiger partial charge in [0.1, 0.15) is 25.0 Å². The molecule has 0 unspecified atom stereocenters. The Morgan fingerprint density at radius 2 is 1.10 bits per heavy atom. The lowest BCUT2D eigenvalue weighted by Gasteiger charge is -2.35. The van der Waals surface area contributed by atoms with Gasteiger partial charge >= 0.3 is 23.9 Å². The van der Waals surface area contributed by atoms with Crippen LogP contribution in [-0.4, -0.2) is 79.0 Å². The minimum atomic E-state index is -1.44. The van der Waals surface area contributed by atoms with E-state index in [0.717, 1.165) is 5.56 Å². The summed E-state index contributed by atoms with van der Waals surface area (Å²) in [5.74, 6) is -2.88. The fourth-order valence-corrected chi connectivity index (χ4v) is 6.82. The van der Waals surface area contributed by atoms with Gasteiger partial charge in [0.25, 0.3) is 0 Å². The van der Waals surface area contributed by atoms with Gasteiger partial charge in [-0.1, -0.05) is 113 Å². The SMILES string of the molecule is [N-]=[N+]=N[C@@H]1C[C@@H](O[C@H]2O[C@H](COC(=O)c3ccccc3)[C@@H](OC(=O)c3ccccc3)[C@@H]2OC(=O)c2ccccc2)C/C(=N\OCc2ccccc2)[C@H]1OC(=O)c1ccccc1. The molecule has 0 N–H and O–H groups in total. The van der Waals surface area contributed by atoms with E-state index in [4.69, 9.17) is 33.3 Å². The molecule has 1 aliphatic heterocycles. The van der Waals surface area contributed by atoms with Crippen LogP contribution >= 0.6 is 0 Å². The predicted octanol–water partition coefficient (Wildman–Crippen LogP) is 7.68. The molecule has 1 heterocycles. The largest absolute Gasteiger partial charge is 0.459 e. The van der Waals surface area contributed by atoms with Gasteiger partial charge in [0.2, 0.25) is 0 Å². The summed E-state index contributed by atoms with van der Waals surface area (Å²) in [5.41, 5.74) is 11.6. The van der Waals surface area contributed by atoms with Crippen molar-refractivity contribution < 1.29 is 52.4 Å². The molecule has 1 saturated heterocycles. The number of hydrogen-bond donors (Lipinski definition) is 0. The Balaban J connectivity index is 1.19. The van der Waals surface area contributed by atoms with Crippen LogP contribution in [0.2, 0.25) is 0 Å². The minimum Gasteiger partial charge on any atom is -0.459 e. The van der Waals surface area contributed by atoms with Crippen LogP contribution in [0.5, 0.6) is 0 Å². The second-order valence-corrected chi connectivity index (χ2v) is 14.0. The van der Waals surface area contributed by atoms with E-state index in [1.807, 2.05) is 30.3 Å². The third-order valence-corrected chi connectivity index (χ3v) is 9.81. The van der Waals surface area contributed by atoms with E-state index in [9.17, 15) is 24.7 Å². The maximum atomic E-state index is 13.7. The van der Waals surface area contributed by atoms with Gasteiger partial charge in [-0.05, 0) is 66.0 Å². The Morgan fingerprint density at radius 1 is 0.623 bits per heavy atom. The van der Waals surface area contributed by atoms with Crippen molar-refractivity contribution in [3.8, 4) is 0 Å². The Hall–Kier alpha value is -7.32. The average molecular weight is 825 g/mol. The zero-order valence-electron chi connectivity index (χ0n) is 32.6. The van der Waals surface area contributed by atoms with Gasteiger partial charge in [-0.15, -0.1) is 0 Å². The van der Waals surface area contributed by atoms with E-state index < -0.39 is 73.3 Å². The summed E-state index contributed by atoms with van der Waals surface area (Å²) < 4.78 is 36.6. The van der Waals surface area contributed by atoms with Gasteiger partial charge in [-0.3, -0.25) is 0 Å². The van der Waals surface area contributed by atoms with E-state index in [-0.39, 0.29) is 47.4 Å². The van der Waals surface area contributed by atoms with Crippen LogP contribution in [0.15, 0.2) is 162 Å². The molecule has 15 heteroatoms. The summed E-state index contributed by atoms with van der Waals surface area (Å²) in [7, 11) is 0. The summed E-state index contributed by atoms with van der Waals surface area (Å²) in [6.45, 7) is -0.355. The summed E-state index contributed by atoms with van der Waals surface area (Å²) in [4.78, 5) is 62.5. The van der Waals surface area contributed by atoms with Crippen LogP contribution < -0.4 is 0 Å². The minimum absolute atomic E-state index is 0.0180. The fourth-order valence-electron chi connectivity index (χ4n) is 6.82.